The highest BCUT2D eigenvalue weighted by molar-refractivity contribution is 7.85. The molecule has 106 valence electrons. The number of rotatable bonds is 5. The molecule has 19 heavy (non-hydrogen) atoms. The van der Waals surface area contributed by atoms with Gasteiger partial charge >= 0.3 is 0 Å². The summed E-state index contributed by atoms with van der Waals surface area (Å²) in [6, 6.07) is 8.19. The van der Waals surface area contributed by atoms with Gasteiger partial charge in [-0.15, -0.1) is 0 Å². The van der Waals surface area contributed by atoms with E-state index in [1.807, 2.05) is 18.2 Å². The lowest BCUT2D eigenvalue weighted by atomic mass is 10.0. The molecule has 0 amide bonds. The van der Waals surface area contributed by atoms with Crippen molar-refractivity contribution in [2.45, 2.75) is 32.1 Å². The van der Waals surface area contributed by atoms with Crippen molar-refractivity contribution in [2.24, 2.45) is 5.92 Å². The zero-order chi connectivity index (χ0) is 13.8. The molecule has 0 radical (unpaired) electrons. The maximum Gasteiger partial charge on any atom is 0.124 e. The molecule has 3 atom stereocenters. The van der Waals surface area contributed by atoms with Crippen LogP contribution in [0.1, 0.15) is 32.4 Å². The predicted molar refractivity (Wildman–Crippen MR) is 80.0 cm³/mol. The van der Waals surface area contributed by atoms with Crippen molar-refractivity contribution in [1.29, 1.82) is 0 Å². The maximum atomic E-state index is 12.5. The average Bonchev–Trinajstić information content (AvgIpc) is 2.38. The van der Waals surface area contributed by atoms with Gasteiger partial charge in [-0.1, -0.05) is 39.0 Å². The molecule has 2 rings (SSSR count). The molecule has 1 aromatic rings. The zero-order valence-electron chi connectivity index (χ0n) is 11.9. The van der Waals surface area contributed by atoms with E-state index < -0.39 is 10.8 Å². The zero-order valence-corrected chi connectivity index (χ0v) is 12.7. The number of benzene rings is 1. The van der Waals surface area contributed by atoms with Crippen molar-refractivity contribution in [3.8, 4) is 5.75 Å². The van der Waals surface area contributed by atoms with Crippen LogP contribution in [0.4, 0.5) is 0 Å². The first-order valence-corrected chi connectivity index (χ1v) is 8.34. The topological polar surface area (TPSA) is 38.3 Å². The molecular weight excluding hydrogens is 258 g/mol. The number of nitrogens with one attached hydrogen (secondary N) is 1. The molecule has 1 N–H and O–H groups in total. The Labute approximate surface area is 118 Å². The van der Waals surface area contributed by atoms with Crippen molar-refractivity contribution in [3.63, 3.8) is 0 Å². The minimum absolute atomic E-state index is 0.0391. The Morgan fingerprint density at radius 1 is 1.42 bits per heavy atom. The second-order valence-electron chi connectivity index (χ2n) is 5.36. The summed E-state index contributed by atoms with van der Waals surface area (Å²) >= 11 is 0. The Kier molecular flexibility index (Phi) is 4.99. The van der Waals surface area contributed by atoms with Gasteiger partial charge in [0.25, 0.3) is 0 Å². The molecule has 0 saturated carbocycles. The van der Waals surface area contributed by atoms with Crippen LogP contribution in [0.15, 0.2) is 24.3 Å². The third kappa shape index (κ3) is 3.37. The lowest BCUT2D eigenvalue weighted by Crippen LogP contribution is -2.43. The molecule has 0 fully saturated rings. The molecule has 3 nitrogen and oxygen atoms in total. The van der Waals surface area contributed by atoms with Gasteiger partial charge in [0.15, 0.2) is 0 Å². The summed E-state index contributed by atoms with van der Waals surface area (Å²) in [4.78, 5) is 0. The third-order valence-electron chi connectivity index (χ3n) is 3.29. The second kappa shape index (κ2) is 6.53. The number of hydrogen-bond acceptors (Lipinski definition) is 3. The van der Waals surface area contributed by atoms with Crippen molar-refractivity contribution in [2.75, 3.05) is 18.9 Å². The molecule has 4 heteroatoms. The van der Waals surface area contributed by atoms with E-state index >= 15 is 0 Å². The summed E-state index contributed by atoms with van der Waals surface area (Å²) in [6.45, 7) is 7.71. The minimum atomic E-state index is -0.863. The first kappa shape index (κ1) is 14.5. The first-order chi connectivity index (χ1) is 9.13. The lowest BCUT2D eigenvalue weighted by Gasteiger charge is -2.33. The van der Waals surface area contributed by atoms with Crippen LogP contribution >= 0.6 is 0 Å². The van der Waals surface area contributed by atoms with Crippen LogP contribution in [0.25, 0.3) is 0 Å². The van der Waals surface area contributed by atoms with E-state index in [4.69, 9.17) is 4.74 Å². The Hall–Kier alpha value is -0.870. The molecule has 3 unspecified atom stereocenters. The molecule has 0 bridgehead atoms. The molecular formula is C15H23NO2S. The second-order valence-corrected chi connectivity index (χ2v) is 7.06. The predicted octanol–water partition coefficient (Wildman–Crippen LogP) is 2.50. The fourth-order valence-electron chi connectivity index (χ4n) is 2.48. The van der Waals surface area contributed by atoms with Gasteiger partial charge < -0.3 is 10.1 Å². The summed E-state index contributed by atoms with van der Waals surface area (Å²) in [5.41, 5.74) is 1.14. The van der Waals surface area contributed by atoms with Gasteiger partial charge in [0.2, 0.25) is 0 Å². The van der Waals surface area contributed by atoms with Crippen LogP contribution in [0.5, 0.6) is 5.75 Å². The van der Waals surface area contributed by atoms with Gasteiger partial charge in [-0.05, 0) is 18.5 Å². The summed E-state index contributed by atoms with van der Waals surface area (Å²) in [7, 11) is -0.863. The van der Waals surface area contributed by atoms with Gasteiger partial charge in [0.1, 0.15) is 12.4 Å². The Morgan fingerprint density at radius 3 is 2.84 bits per heavy atom. The quantitative estimate of drug-likeness (QED) is 0.901. The molecule has 0 saturated heterocycles. The largest absolute Gasteiger partial charge is 0.492 e. The third-order valence-corrected chi connectivity index (χ3v) is 5.37. The molecule has 1 aromatic carbocycles. The van der Waals surface area contributed by atoms with Gasteiger partial charge in [-0.2, -0.15) is 0 Å². The lowest BCUT2D eigenvalue weighted by molar-refractivity contribution is 0.259. The molecule has 0 spiro atoms. The highest BCUT2D eigenvalue weighted by Crippen LogP contribution is 2.34. The molecule has 0 aliphatic carbocycles. The van der Waals surface area contributed by atoms with E-state index in [2.05, 4.69) is 32.2 Å². The normalized spacial score (nSPS) is 23.8. The van der Waals surface area contributed by atoms with Crippen LogP contribution in [0.3, 0.4) is 0 Å². The van der Waals surface area contributed by atoms with Crippen LogP contribution < -0.4 is 10.1 Å². The van der Waals surface area contributed by atoms with Crippen molar-refractivity contribution in [1.82, 2.24) is 5.32 Å². The van der Waals surface area contributed by atoms with Crippen LogP contribution in [-0.2, 0) is 10.8 Å². The minimum Gasteiger partial charge on any atom is -0.492 e. The molecule has 0 aromatic heterocycles. The van der Waals surface area contributed by atoms with E-state index in [-0.39, 0.29) is 11.3 Å². The molecule has 1 aliphatic heterocycles. The number of hydrogen-bond donors (Lipinski definition) is 1. The first-order valence-electron chi connectivity index (χ1n) is 6.95. The fourth-order valence-corrected chi connectivity index (χ4v) is 4.15. The summed E-state index contributed by atoms with van der Waals surface area (Å²) in [5, 5.41) is 3.51. The van der Waals surface area contributed by atoms with Gasteiger partial charge in [-0.25, -0.2) is 0 Å². The Bertz CT molecular complexity index is 448. The smallest absolute Gasteiger partial charge is 0.124 e. The van der Waals surface area contributed by atoms with Gasteiger partial charge in [0.05, 0.1) is 11.3 Å². The van der Waals surface area contributed by atoms with E-state index in [1.165, 1.54) is 0 Å². The maximum absolute atomic E-state index is 12.5. The number of ether oxygens (including phenoxy) is 1. The summed E-state index contributed by atoms with van der Waals surface area (Å²) < 4.78 is 18.3. The van der Waals surface area contributed by atoms with E-state index in [0.717, 1.165) is 23.6 Å². The van der Waals surface area contributed by atoms with Crippen LogP contribution in [-0.4, -0.2) is 28.4 Å². The molecule has 1 heterocycles. The van der Waals surface area contributed by atoms with Crippen LogP contribution in [0, 0.1) is 5.92 Å². The summed E-state index contributed by atoms with van der Waals surface area (Å²) in [6.07, 6.45) is 0. The highest BCUT2D eigenvalue weighted by atomic mass is 32.2. The fraction of sp³-hybridized carbons (Fsp3) is 0.600. The highest BCUT2D eigenvalue weighted by Gasteiger charge is 2.34. The Balaban J connectivity index is 2.24. The number of para-hydroxylation sites is 1. The van der Waals surface area contributed by atoms with Crippen molar-refractivity contribution < 1.29 is 8.95 Å². The van der Waals surface area contributed by atoms with E-state index in [0.29, 0.717) is 12.5 Å². The van der Waals surface area contributed by atoms with Gasteiger partial charge in [0, 0.05) is 22.1 Å². The van der Waals surface area contributed by atoms with Crippen molar-refractivity contribution in [3.05, 3.63) is 29.8 Å². The van der Waals surface area contributed by atoms with Crippen LogP contribution in [0.2, 0.25) is 0 Å². The molecule has 1 aliphatic rings. The van der Waals surface area contributed by atoms with E-state index in [1.54, 1.807) is 0 Å². The average molecular weight is 281 g/mol. The standard InChI is InChI=1S/C15H23NO2S/c1-4-16-15-12-7-5-6-8-13(12)18-9-14(15)19(17)10-11(2)3/h5-8,11,14-16H,4,9-10H2,1-3H3. The van der Waals surface area contributed by atoms with Gasteiger partial charge in [-0.3, -0.25) is 4.21 Å². The number of fused-ring (bicyclic) bond motifs is 1. The monoisotopic (exact) mass is 281 g/mol. The Morgan fingerprint density at radius 2 is 2.16 bits per heavy atom. The SMILES string of the molecule is CCNC1c2ccccc2OCC1S(=O)CC(C)C. The van der Waals surface area contributed by atoms with E-state index in [9.17, 15) is 4.21 Å². The summed E-state index contributed by atoms with van der Waals surface area (Å²) in [5.74, 6) is 2.10. The van der Waals surface area contributed by atoms with Crippen molar-refractivity contribution >= 4 is 10.8 Å².